The van der Waals surface area contributed by atoms with Gasteiger partial charge in [0.05, 0.1) is 22.9 Å². The lowest BCUT2D eigenvalue weighted by Gasteiger charge is -2.08. The van der Waals surface area contributed by atoms with Gasteiger partial charge in [-0.2, -0.15) is 0 Å². The van der Waals surface area contributed by atoms with E-state index in [1.807, 2.05) is 12.3 Å². The minimum Gasteiger partial charge on any atom is -0.452 e. The molecule has 0 aliphatic carbocycles. The van der Waals surface area contributed by atoms with Crippen molar-refractivity contribution in [1.29, 1.82) is 0 Å². The average molecular weight is 334 g/mol. The summed E-state index contributed by atoms with van der Waals surface area (Å²) in [6, 6.07) is 25.4. The van der Waals surface area contributed by atoms with E-state index < -0.39 is 0 Å². The number of furan rings is 1. The van der Waals surface area contributed by atoms with Gasteiger partial charge >= 0.3 is 0 Å². The summed E-state index contributed by atoms with van der Waals surface area (Å²) in [5, 5.41) is 4.70. The number of pyridine rings is 1. The Bertz CT molecular complexity index is 1390. The third kappa shape index (κ3) is 1.69. The first kappa shape index (κ1) is 13.7. The Balaban J connectivity index is 1.84. The number of hydrogen-bond donors (Lipinski definition) is 0. The van der Waals surface area contributed by atoms with E-state index in [0.29, 0.717) is 0 Å². The molecule has 3 nitrogen and oxygen atoms in total. The molecule has 122 valence electrons. The molecule has 0 saturated heterocycles. The molecule has 0 atom stereocenters. The molecule has 0 N–H and O–H groups in total. The fraction of sp³-hybridized carbons (Fsp3) is 0. The van der Waals surface area contributed by atoms with E-state index in [2.05, 4.69) is 76.3 Å². The summed E-state index contributed by atoms with van der Waals surface area (Å²) in [4.78, 5) is 4.20. The smallest absolute Gasteiger partial charge is 0.159 e. The van der Waals surface area contributed by atoms with E-state index in [0.717, 1.165) is 27.6 Å². The van der Waals surface area contributed by atoms with Gasteiger partial charge in [0.1, 0.15) is 0 Å². The standard InChI is InChI=1S/C23H14N2O/c1-3-9-19-15(6-1)16-7-2-4-10-20(16)25(19)21-11-5-8-18-17-12-13-24-14-22(17)26-23(18)21/h1-14H. The number of hydrogen-bond acceptors (Lipinski definition) is 2. The Kier molecular flexibility index (Phi) is 2.61. The summed E-state index contributed by atoms with van der Waals surface area (Å²) >= 11 is 0. The number of aromatic nitrogens is 2. The first-order chi connectivity index (χ1) is 12.9. The van der Waals surface area contributed by atoms with Crippen molar-refractivity contribution < 1.29 is 4.42 Å². The molecule has 6 rings (SSSR count). The van der Waals surface area contributed by atoms with Crippen LogP contribution in [0.3, 0.4) is 0 Å². The lowest BCUT2D eigenvalue weighted by atomic mass is 10.1. The molecular weight excluding hydrogens is 320 g/mol. The van der Waals surface area contributed by atoms with Crippen molar-refractivity contribution in [2.24, 2.45) is 0 Å². The van der Waals surface area contributed by atoms with Crippen LogP contribution in [0, 0.1) is 0 Å². The maximum absolute atomic E-state index is 6.22. The van der Waals surface area contributed by atoms with Crippen LogP contribution < -0.4 is 0 Å². The summed E-state index contributed by atoms with van der Waals surface area (Å²) in [5.41, 5.74) is 5.12. The molecule has 3 aromatic heterocycles. The van der Waals surface area contributed by atoms with Crippen LogP contribution in [-0.4, -0.2) is 9.55 Å². The van der Waals surface area contributed by atoms with Crippen molar-refractivity contribution in [3.05, 3.63) is 85.2 Å². The highest BCUT2D eigenvalue weighted by atomic mass is 16.3. The molecule has 0 aliphatic heterocycles. The zero-order valence-corrected chi connectivity index (χ0v) is 13.9. The maximum Gasteiger partial charge on any atom is 0.159 e. The lowest BCUT2D eigenvalue weighted by molar-refractivity contribution is 0.664. The molecule has 3 heteroatoms. The van der Waals surface area contributed by atoms with Gasteiger partial charge in [0.25, 0.3) is 0 Å². The van der Waals surface area contributed by atoms with Crippen LogP contribution in [0.15, 0.2) is 89.6 Å². The molecule has 0 unspecified atom stereocenters. The van der Waals surface area contributed by atoms with Crippen LogP contribution in [0.1, 0.15) is 0 Å². The highest BCUT2D eigenvalue weighted by Crippen LogP contribution is 2.37. The third-order valence-corrected chi connectivity index (χ3v) is 5.10. The normalized spacial score (nSPS) is 11.8. The minimum absolute atomic E-state index is 0.815. The van der Waals surface area contributed by atoms with Gasteiger partial charge in [-0.15, -0.1) is 0 Å². The van der Waals surface area contributed by atoms with Crippen molar-refractivity contribution >= 4 is 43.7 Å². The van der Waals surface area contributed by atoms with Crippen molar-refractivity contribution in [2.45, 2.75) is 0 Å². The zero-order valence-electron chi connectivity index (χ0n) is 13.9. The molecule has 0 saturated carbocycles. The Labute approximate surface area is 149 Å². The number of rotatable bonds is 1. The SMILES string of the molecule is c1cc(-n2c3ccccc3c3ccccc32)c2oc3cnccc3c2c1. The lowest BCUT2D eigenvalue weighted by Crippen LogP contribution is -1.93. The quantitative estimate of drug-likeness (QED) is 0.365. The Hall–Kier alpha value is -3.59. The Morgan fingerprint density at radius 1 is 0.654 bits per heavy atom. The van der Waals surface area contributed by atoms with Crippen LogP contribution >= 0.6 is 0 Å². The summed E-state index contributed by atoms with van der Waals surface area (Å²) in [6.45, 7) is 0. The predicted octanol–water partition coefficient (Wildman–Crippen LogP) is 6.08. The maximum atomic E-state index is 6.22. The van der Waals surface area contributed by atoms with Gasteiger partial charge in [-0.25, -0.2) is 0 Å². The molecule has 6 aromatic rings. The van der Waals surface area contributed by atoms with Gasteiger partial charge in [0.2, 0.25) is 0 Å². The molecule has 0 spiro atoms. The van der Waals surface area contributed by atoms with Gasteiger partial charge in [0, 0.05) is 27.7 Å². The summed E-state index contributed by atoms with van der Waals surface area (Å²) in [6.07, 6.45) is 3.59. The van der Waals surface area contributed by atoms with Gasteiger partial charge in [-0.1, -0.05) is 48.5 Å². The number of fused-ring (bicyclic) bond motifs is 6. The van der Waals surface area contributed by atoms with Gasteiger partial charge in [-0.3, -0.25) is 4.98 Å². The average Bonchev–Trinajstić information content (AvgIpc) is 3.24. The van der Waals surface area contributed by atoms with Crippen LogP contribution in [-0.2, 0) is 0 Å². The number of para-hydroxylation sites is 3. The number of benzene rings is 3. The second kappa shape index (κ2) is 4.96. The van der Waals surface area contributed by atoms with E-state index in [9.17, 15) is 0 Å². The molecular formula is C23H14N2O. The molecule has 26 heavy (non-hydrogen) atoms. The fourth-order valence-electron chi connectivity index (χ4n) is 4.00. The van der Waals surface area contributed by atoms with E-state index in [4.69, 9.17) is 4.42 Å². The van der Waals surface area contributed by atoms with Crippen LogP contribution in [0.25, 0.3) is 49.4 Å². The van der Waals surface area contributed by atoms with E-state index >= 15 is 0 Å². The van der Waals surface area contributed by atoms with Crippen LogP contribution in [0.4, 0.5) is 0 Å². The topological polar surface area (TPSA) is 31.0 Å². The summed E-state index contributed by atoms with van der Waals surface area (Å²) < 4.78 is 8.52. The van der Waals surface area contributed by atoms with E-state index in [1.54, 1.807) is 6.20 Å². The van der Waals surface area contributed by atoms with Crippen molar-refractivity contribution in [3.63, 3.8) is 0 Å². The van der Waals surface area contributed by atoms with Gasteiger partial charge in [0.15, 0.2) is 11.2 Å². The Morgan fingerprint density at radius 2 is 1.35 bits per heavy atom. The molecule has 0 aliphatic rings. The van der Waals surface area contributed by atoms with Crippen molar-refractivity contribution in [2.75, 3.05) is 0 Å². The highest BCUT2D eigenvalue weighted by molar-refractivity contribution is 6.12. The largest absolute Gasteiger partial charge is 0.452 e. The zero-order chi connectivity index (χ0) is 17.1. The van der Waals surface area contributed by atoms with E-state index in [1.165, 1.54) is 21.8 Å². The number of nitrogens with zero attached hydrogens (tertiary/aromatic N) is 2. The van der Waals surface area contributed by atoms with Crippen molar-refractivity contribution in [1.82, 2.24) is 9.55 Å². The first-order valence-corrected chi connectivity index (χ1v) is 8.65. The molecule has 3 aromatic carbocycles. The molecule has 3 heterocycles. The summed E-state index contributed by atoms with van der Waals surface area (Å²) in [7, 11) is 0. The monoisotopic (exact) mass is 334 g/mol. The molecule has 0 amide bonds. The highest BCUT2D eigenvalue weighted by Gasteiger charge is 2.16. The Morgan fingerprint density at radius 3 is 2.12 bits per heavy atom. The van der Waals surface area contributed by atoms with Gasteiger partial charge < -0.3 is 8.98 Å². The minimum atomic E-state index is 0.815. The van der Waals surface area contributed by atoms with Crippen molar-refractivity contribution in [3.8, 4) is 5.69 Å². The van der Waals surface area contributed by atoms with Gasteiger partial charge in [-0.05, 0) is 24.3 Å². The summed E-state index contributed by atoms with van der Waals surface area (Å²) in [5.74, 6) is 0. The second-order valence-corrected chi connectivity index (χ2v) is 6.50. The molecule has 0 radical (unpaired) electrons. The third-order valence-electron chi connectivity index (χ3n) is 5.10. The molecule has 0 fully saturated rings. The van der Waals surface area contributed by atoms with E-state index in [-0.39, 0.29) is 0 Å². The molecule has 0 bridgehead atoms. The second-order valence-electron chi connectivity index (χ2n) is 6.50. The predicted molar refractivity (Wildman–Crippen MR) is 106 cm³/mol. The first-order valence-electron chi connectivity index (χ1n) is 8.65. The van der Waals surface area contributed by atoms with Crippen LogP contribution in [0.2, 0.25) is 0 Å². The van der Waals surface area contributed by atoms with Crippen LogP contribution in [0.5, 0.6) is 0 Å². The fourth-order valence-corrected chi connectivity index (χ4v) is 4.00.